The minimum absolute atomic E-state index is 0.0193. The van der Waals surface area contributed by atoms with Crippen LogP contribution in [-0.4, -0.2) is 61.2 Å². The van der Waals surface area contributed by atoms with Gasteiger partial charge in [0.05, 0.1) is 10.5 Å². The molecule has 0 bridgehead atoms. The van der Waals surface area contributed by atoms with Crippen molar-refractivity contribution in [3.05, 3.63) is 45.8 Å². The van der Waals surface area contributed by atoms with Gasteiger partial charge < -0.3 is 15.5 Å². The van der Waals surface area contributed by atoms with E-state index in [1.165, 1.54) is 27.8 Å². The Morgan fingerprint density at radius 2 is 1.70 bits per heavy atom. The molecule has 1 aromatic carbocycles. The van der Waals surface area contributed by atoms with Gasteiger partial charge in [-0.25, -0.2) is 8.42 Å². The van der Waals surface area contributed by atoms with Crippen LogP contribution in [0.2, 0.25) is 0 Å². The third-order valence-corrected chi connectivity index (χ3v) is 11.3. The summed E-state index contributed by atoms with van der Waals surface area (Å²) in [7, 11) is -3.63. The van der Waals surface area contributed by atoms with Gasteiger partial charge in [0.25, 0.3) is 11.8 Å². The number of amides is 2. The number of benzene rings is 1. The number of anilines is 1. The molecule has 0 saturated carbocycles. The molecule has 0 atom stereocenters. The molecule has 0 spiro atoms. The number of piperidine rings is 1. The molecule has 220 valence electrons. The average Bonchev–Trinajstić information content (AvgIpc) is 3.26. The van der Waals surface area contributed by atoms with E-state index in [-0.39, 0.29) is 27.8 Å². The molecule has 3 heterocycles. The van der Waals surface area contributed by atoms with Gasteiger partial charge in [0.2, 0.25) is 10.0 Å². The highest BCUT2D eigenvalue weighted by atomic mass is 32.2. The van der Waals surface area contributed by atoms with Gasteiger partial charge in [-0.2, -0.15) is 4.31 Å². The van der Waals surface area contributed by atoms with Crippen molar-refractivity contribution < 1.29 is 18.0 Å². The van der Waals surface area contributed by atoms with Crippen LogP contribution in [-0.2, 0) is 22.0 Å². The lowest BCUT2D eigenvalue weighted by Crippen LogP contribution is -2.55. The van der Waals surface area contributed by atoms with Crippen molar-refractivity contribution >= 4 is 38.2 Å². The summed E-state index contributed by atoms with van der Waals surface area (Å²) in [6.45, 7) is 14.7. The van der Waals surface area contributed by atoms with Crippen LogP contribution in [0.15, 0.2) is 29.2 Å². The molecule has 2 aliphatic heterocycles. The molecule has 1 fully saturated rings. The summed E-state index contributed by atoms with van der Waals surface area (Å²) in [5.41, 5.74) is 1.39. The smallest absolute Gasteiger partial charge is 0.257 e. The minimum atomic E-state index is -3.63. The van der Waals surface area contributed by atoms with Crippen LogP contribution < -0.4 is 10.6 Å². The molecule has 2 aliphatic rings. The molecule has 2 N–H and O–H groups in total. The number of sulfonamides is 1. The summed E-state index contributed by atoms with van der Waals surface area (Å²) >= 11 is 1.46. The molecule has 8 nitrogen and oxygen atoms in total. The predicted octanol–water partition coefficient (Wildman–Crippen LogP) is 5.60. The Hall–Kier alpha value is -2.27. The van der Waals surface area contributed by atoms with E-state index in [0.29, 0.717) is 35.6 Å². The van der Waals surface area contributed by atoms with Crippen LogP contribution in [0.4, 0.5) is 5.00 Å². The number of unbranched alkanes of at least 4 members (excludes halogenated alkanes) is 1. The summed E-state index contributed by atoms with van der Waals surface area (Å²) in [4.78, 5) is 30.5. The third-order valence-electron chi connectivity index (χ3n) is 7.80. The lowest BCUT2D eigenvalue weighted by atomic mass is 9.81. The van der Waals surface area contributed by atoms with Crippen LogP contribution in [0.25, 0.3) is 0 Å². The van der Waals surface area contributed by atoms with Crippen molar-refractivity contribution in [3.8, 4) is 0 Å². The number of rotatable bonds is 9. The van der Waals surface area contributed by atoms with Gasteiger partial charge in [-0.05, 0) is 89.6 Å². The fraction of sp³-hybridized carbons (Fsp3) is 0.600. The highest BCUT2D eigenvalue weighted by molar-refractivity contribution is 7.89. The maximum atomic E-state index is 13.9. The first-order valence-electron chi connectivity index (χ1n) is 14.5. The quantitative estimate of drug-likeness (QED) is 0.398. The minimum Gasteiger partial charge on any atom is -0.339 e. The Labute approximate surface area is 243 Å². The lowest BCUT2D eigenvalue weighted by molar-refractivity contribution is 0.0723. The Morgan fingerprint density at radius 1 is 1.05 bits per heavy atom. The maximum absolute atomic E-state index is 13.9. The molecule has 1 aromatic heterocycles. The molecular formula is C30H44N4O4S2. The molecule has 10 heteroatoms. The van der Waals surface area contributed by atoms with Crippen LogP contribution >= 0.6 is 11.3 Å². The van der Waals surface area contributed by atoms with E-state index in [1.54, 1.807) is 12.1 Å². The highest BCUT2D eigenvalue weighted by Crippen LogP contribution is 2.45. The summed E-state index contributed by atoms with van der Waals surface area (Å²) in [5.74, 6) is -0.382. The van der Waals surface area contributed by atoms with E-state index < -0.39 is 10.0 Å². The zero-order chi connectivity index (χ0) is 29.3. The number of likely N-dealkylation sites (tertiary alicyclic amines) is 1. The molecule has 1 saturated heterocycles. The van der Waals surface area contributed by atoms with Gasteiger partial charge in [0.1, 0.15) is 5.00 Å². The first-order valence-corrected chi connectivity index (χ1v) is 16.7. The van der Waals surface area contributed by atoms with Gasteiger partial charge in [0, 0.05) is 47.7 Å². The summed E-state index contributed by atoms with van der Waals surface area (Å²) in [6, 6.07) is 6.08. The van der Waals surface area contributed by atoms with Gasteiger partial charge in [0.15, 0.2) is 0 Å². The van der Waals surface area contributed by atoms with Crippen molar-refractivity contribution in [2.75, 3.05) is 31.5 Å². The van der Waals surface area contributed by atoms with E-state index in [4.69, 9.17) is 0 Å². The standard InChI is InChI=1S/C30H44N4O4S2/c1-7-9-19-34(8-2)40(37,38)22-15-13-21(14-16-22)26(35)31-27-24(28(36)33-17-11-10-12-18-33)23-20-29(3,4)32-30(5,6)25(23)39-27/h13-16,32H,7-12,17-20H2,1-6H3,(H,31,35). The van der Waals surface area contributed by atoms with Gasteiger partial charge in [-0.15, -0.1) is 11.3 Å². The van der Waals surface area contributed by atoms with E-state index >= 15 is 0 Å². The zero-order valence-corrected chi connectivity index (χ0v) is 26.4. The number of hydrogen-bond donors (Lipinski definition) is 2. The Balaban J connectivity index is 1.65. The highest BCUT2D eigenvalue weighted by Gasteiger charge is 2.42. The van der Waals surface area contributed by atoms with Crippen molar-refractivity contribution in [3.63, 3.8) is 0 Å². The summed E-state index contributed by atoms with van der Waals surface area (Å²) in [6.07, 6.45) is 5.48. The van der Waals surface area contributed by atoms with Crippen molar-refractivity contribution in [1.82, 2.24) is 14.5 Å². The van der Waals surface area contributed by atoms with Crippen LogP contribution in [0.3, 0.4) is 0 Å². The Bertz CT molecular complexity index is 1340. The molecule has 40 heavy (non-hydrogen) atoms. The first kappa shape index (κ1) is 30.7. The van der Waals surface area contributed by atoms with Crippen LogP contribution in [0.1, 0.15) is 105 Å². The number of thiophene rings is 1. The number of fused-ring (bicyclic) bond motifs is 1. The maximum Gasteiger partial charge on any atom is 0.257 e. The van der Waals surface area contributed by atoms with Crippen molar-refractivity contribution in [1.29, 1.82) is 0 Å². The number of hydrogen-bond acceptors (Lipinski definition) is 6. The van der Waals surface area contributed by atoms with Gasteiger partial charge >= 0.3 is 0 Å². The second-order valence-corrected chi connectivity index (χ2v) is 15.1. The molecule has 0 unspecified atom stereocenters. The SMILES string of the molecule is CCCCN(CC)S(=O)(=O)c1ccc(C(=O)Nc2sc3c(c2C(=O)N2CCCCC2)CC(C)(C)NC3(C)C)cc1. The number of nitrogens with one attached hydrogen (secondary N) is 2. The van der Waals surface area contributed by atoms with E-state index in [0.717, 1.165) is 55.6 Å². The summed E-state index contributed by atoms with van der Waals surface area (Å²) < 4.78 is 27.7. The van der Waals surface area contributed by atoms with E-state index in [1.807, 2.05) is 18.7 Å². The second kappa shape index (κ2) is 11.9. The van der Waals surface area contributed by atoms with Gasteiger partial charge in [-0.1, -0.05) is 20.3 Å². The predicted molar refractivity (Wildman–Crippen MR) is 162 cm³/mol. The number of carbonyl (C=O) groups is 2. The largest absolute Gasteiger partial charge is 0.339 e. The fourth-order valence-corrected chi connectivity index (χ4v) is 8.73. The van der Waals surface area contributed by atoms with Crippen molar-refractivity contribution in [2.24, 2.45) is 0 Å². The monoisotopic (exact) mass is 588 g/mol. The third kappa shape index (κ3) is 6.30. The topological polar surface area (TPSA) is 98.8 Å². The lowest BCUT2D eigenvalue weighted by Gasteiger charge is -2.42. The normalized spacial score (nSPS) is 18.4. The van der Waals surface area contributed by atoms with Gasteiger partial charge in [-0.3, -0.25) is 9.59 Å². The first-order chi connectivity index (χ1) is 18.8. The molecular weight excluding hydrogens is 544 g/mol. The fourth-order valence-electron chi connectivity index (χ4n) is 5.98. The molecule has 0 aliphatic carbocycles. The second-order valence-electron chi connectivity index (χ2n) is 12.1. The number of nitrogens with zero attached hydrogens (tertiary/aromatic N) is 2. The molecule has 0 radical (unpaired) electrons. The summed E-state index contributed by atoms with van der Waals surface area (Å²) in [5, 5.41) is 7.29. The average molecular weight is 589 g/mol. The molecule has 2 amide bonds. The molecule has 2 aromatic rings. The van der Waals surface area contributed by atoms with E-state index in [9.17, 15) is 18.0 Å². The van der Waals surface area contributed by atoms with E-state index in [2.05, 4.69) is 38.3 Å². The Morgan fingerprint density at radius 3 is 2.30 bits per heavy atom. The van der Waals surface area contributed by atoms with Crippen molar-refractivity contribution in [2.45, 2.75) is 96.0 Å². The zero-order valence-electron chi connectivity index (χ0n) is 24.7. The van der Waals surface area contributed by atoms with Crippen LogP contribution in [0, 0.1) is 0 Å². The van der Waals surface area contributed by atoms with Crippen LogP contribution in [0.5, 0.6) is 0 Å². The Kier molecular flexibility index (Phi) is 9.14. The number of carbonyl (C=O) groups excluding carboxylic acids is 2. The molecule has 4 rings (SSSR count).